The van der Waals surface area contributed by atoms with Gasteiger partial charge >= 0.3 is 11.9 Å². The monoisotopic (exact) mass is 798 g/mol. The normalized spacial score (nSPS) is 11.7. The van der Waals surface area contributed by atoms with Crippen molar-refractivity contribution in [2.24, 2.45) is 0 Å². The van der Waals surface area contributed by atoms with Crippen LogP contribution in [0.15, 0.2) is 170 Å². The summed E-state index contributed by atoms with van der Waals surface area (Å²) in [5, 5.41) is 6.94. The van der Waals surface area contributed by atoms with Gasteiger partial charge in [-0.05, 0) is 71.8 Å². The minimum atomic E-state index is -3.90. The Morgan fingerprint density at radius 3 is 1.03 bits per heavy atom. The number of rotatable bonds is 9. The third kappa shape index (κ3) is 6.59. The molecule has 286 valence electrons. The molecule has 8 heteroatoms. The molecule has 0 amide bonds. The summed E-state index contributed by atoms with van der Waals surface area (Å²) in [6.07, 6.45) is 0. The molecule has 0 saturated heterocycles. The SMILES string of the molecule is COC(=O)c1ccc(P(=O)(c2ccc(C(=O)OC)cc2)c2ccc3ccccc3c2-c2c(P(=O)(c3ccc(C)cc3)c3ccc(C)cc3)ccc3ccccc23)cc1. The summed E-state index contributed by atoms with van der Waals surface area (Å²) in [4.78, 5) is 25.2. The van der Waals surface area contributed by atoms with E-state index in [-0.39, 0.29) is 0 Å². The summed E-state index contributed by atoms with van der Waals surface area (Å²) in [6, 6.07) is 52.9. The maximum absolute atomic E-state index is 16.8. The Hall–Kier alpha value is -6.32. The topological polar surface area (TPSA) is 86.7 Å². The van der Waals surface area contributed by atoms with E-state index >= 15 is 9.13 Å². The summed E-state index contributed by atoms with van der Waals surface area (Å²) in [7, 11) is -4.92. The molecule has 8 aromatic rings. The third-order valence-corrected chi connectivity index (χ3v) is 17.0. The number of aryl methyl sites for hydroxylation is 2. The number of carbonyl (C=O) groups is 2. The summed E-state index contributed by atoms with van der Waals surface area (Å²) >= 11 is 0. The van der Waals surface area contributed by atoms with Gasteiger partial charge in [-0.3, -0.25) is 0 Å². The van der Waals surface area contributed by atoms with Crippen LogP contribution in [0.4, 0.5) is 0 Å². The highest BCUT2D eigenvalue weighted by Crippen LogP contribution is 2.52. The Bertz CT molecular complexity index is 2840. The van der Waals surface area contributed by atoms with Crippen molar-refractivity contribution in [3.8, 4) is 11.1 Å². The van der Waals surface area contributed by atoms with Crippen molar-refractivity contribution in [1.29, 1.82) is 0 Å². The first kappa shape index (κ1) is 38.5. The molecule has 0 aliphatic carbocycles. The molecule has 6 nitrogen and oxygen atoms in total. The van der Waals surface area contributed by atoms with E-state index in [9.17, 15) is 9.59 Å². The maximum atomic E-state index is 16.8. The Labute approximate surface area is 337 Å². The van der Waals surface area contributed by atoms with Crippen molar-refractivity contribution in [3.63, 3.8) is 0 Å². The smallest absolute Gasteiger partial charge is 0.337 e. The van der Waals surface area contributed by atoms with E-state index in [1.165, 1.54) is 14.2 Å². The van der Waals surface area contributed by atoms with E-state index in [1.807, 2.05) is 135 Å². The van der Waals surface area contributed by atoms with Crippen LogP contribution in [0.1, 0.15) is 31.8 Å². The first-order valence-electron chi connectivity index (χ1n) is 18.9. The van der Waals surface area contributed by atoms with Crippen molar-refractivity contribution < 1.29 is 28.2 Å². The number of hydrogen-bond acceptors (Lipinski definition) is 6. The van der Waals surface area contributed by atoms with Crippen LogP contribution in [-0.2, 0) is 18.6 Å². The van der Waals surface area contributed by atoms with Crippen molar-refractivity contribution in [2.75, 3.05) is 14.2 Å². The van der Waals surface area contributed by atoms with Gasteiger partial charge in [0.1, 0.15) is 0 Å². The lowest BCUT2D eigenvalue weighted by atomic mass is 9.93. The Balaban J connectivity index is 1.54. The molecule has 0 bridgehead atoms. The molecule has 58 heavy (non-hydrogen) atoms. The number of benzene rings is 8. The summed E-state index contributed by atoms with van der Waals surface area (Å²) in [5.41, 5.74) is 4.11. The Morgan fingerprint density at radius 1 is 0.397 bits per heavy atom. The van der Waals surface area contributed by atoms with Gasteiger partial charge in [-0.25, -0.2) is 9.59 Å². The predicted octanol–water partition coefficient (Wildman–Crippen LogP) is 9.13. The van der Waals surface area contributed by atoms with Gasteiger partial charge < -0.3 is 18.6 Å². The number of hydrogen-bond donors (Lipinski definition) is 0. The second-order valence-electron chi connectivity index (χ2n) is 14.3. The van der Waals surface area contributed by atoms with Crippen LogP contribution >= 0.6 is 14.3 Å². The van der Waals surface area contributed by atoms with Gasteiger partial charge in [-0.15, -0.1) is 0 Å². The van der Waals surface area contributed by atoms with Gasteiger partial charge in [-0.2, -0.15) is 0 Å². The lowest BCUT2D eigenvalue weighted by Crippen LogP contribution is -2.30. The lowest BCUT2D eigenvalue weighted by molar-refractivity contribution is 0.0592. The summed E-state index contributed by atoms with van der Waals surface area (Å²) in [6.45, 7) is 4.02. The van der Waals surface area contributed by atoms with Gasteiger partial charge in [0.15, 0.2) is 14.3 Å². The van der Waals surface area contributed by atoms with Crippen molar-refractivity contribution in [1.82, 2.24) is 0 Å². The quantitative estimate of drug-likeness (QED) is 0.107. The van der Waals surface area contributed by atoms with Crippen LogP contribution in [0.5, 0.6) is 0 Å². The van der Waals surface area contributed by atoms with Crippen LogP contribution < -0.4 is 31.8 Å². The van der Waals surface area contributed by atoms with Crippen LogP contribution in [0.25, 0.3) is 32.7 Å². The molecule has 0 aromatic heterocycles. The van der Waals surface area contributed by atoms with Crippen molar-refractivity contribution in [3.05, 3.63) is 192 Å². The van der Waals surface area contributed by atoms with Gasteiger partial charge in [0.05, 0.1) is 25.3 Å². The zero-order chi connectivity index (χ0) is 40.6. The second kappa shape index (κ2) is 15.6. The summed E-state index contributed by atoms with van der Waals surface area (Å²) in [5.74, 6) is -1.03. The second-order valence-corrected chi connectivity index (χ2v) is 19.8. The minimum absolute atomic E-state index is 0.311. The third-order valence-electron chi connectivity index (χ3n) is 10.8. The van der Waals surface area contributed by atoms with E-state index in [0.717, 1.165) is 32.7 Å². The number of fused-ring (bicyclic) bond motifs is 2. The number of esters is 2. The van der Waals surface area contributed by atoms with Crippen LogP contribution in [-0.4, -0.2) is 26.2 Å². The number of methoxy groups -OCH3 is 2. The Kier molecular flexibility index (Phi) is 10.3. The van der Waals surface area contributed by atoms with Gasteiger partial charge in [0.2, 0.25) is 0 Å². The van der Waals surface area contributed by atoms with Gasteiger partial charge in [0, 0.05) is 43.0 Å². The first-order valence-corrected chi connectivity index (χ1v) is 22.3. The van der Waals surface area contributed by atoms with Crippen LogP contribution in [0.3, 0.4) is 0 Å². The molecule has 8 rings (SSSR count). The van der Waals surface area contributed by atoms with E-state index in [4.69, 9.17) is 9.47 Å². The Morgan fingerprint density at radius 2 is 0.707 bits per heavy atom. The molecule has 0 saturated carbocycles. The maximum Gasteiger partial charge on any atom is 0.337 e. The molecule has 0 fully saturated rings. The average molecular weight is 799 g/mol. The fourth-order valence-corrected chi connectivity index (χ4v) is 13.4. The van der Waals surface area contributed by atoms with Crippen molar-refractivity contribution >= 4 is 79.6 Å². The summed E-state index contributed by atoms with van der Waals surface area (Å²) < 4.78 is 43.4. The highest BCUT2D eigenvalue weighted by Gasteiger charge is 2.38. The van der Waals surface area contributed by atoms with Gasteiger partial charge in [0.25, 0.3) is 0 Å². The minimum Gasteiger partial charge on any atom is -0.465 e. The van der Waals surface area contributed by atoms with E-state index in [2.05, 4.69) is 0 Å². The molecular formula is C50H40O6P2. The molecule has 8 aromatic carbocycles. The highest BCUT2D eigenvalue weighted by molar-refractivity contribution is 7.86. The zero-order valence-corrected chi connectivity index (χ0v) is 34.3. The predicted molar refractivity (Wildman–Crippen MR) is 238 cm³/mol. The van der Waals surface area contributed by atoms with Crippen LogP contribution in [0, 0.1) is 13.8 Å². The van der Waals surface area contributed by atoms with E-state index in [1.54, 1.807) is 48.5 Å². The molecular weight excluding hydrogens is 758 g/mol. The van der Waals surface area contributed by atoms with Crippen molar-refractivity contribution in [2.45, 2.75) is 13.8 Å². The lowest BCUT2D eigenvalue weighted by Gasteiger charge is -2.28. The molecule has 0 aliphatic heterocycles. The largest absolute Gasteiger partial charge is 0.465 e. The van der Waals surface area contributed by atoms with E-state index < -0.39 is 26.2 Å². The van der Waals surface area contributed by atoms with E-state index in [0.29, 0.717) is 54.1 Å². The molecule has 0 radical (unpaired) electrons. The average Bonchev–Trinajstić information content (AvgIpc) is 3.27. The molecule has 0 spiro atoms. The fraction of sp³-hybridized carbons (Fsp3) is 0.0800. The first-order chi connectivity index (χ1) is 28.1. The number of ether oxygens (including phenoxy) is 2. The van der Waals surface area contributed by atoms with Crippen LogP contribution in [0.2, 0.25) is 0 Å². The molecule has 0 atom stereocenters. The molecule has 0 unspecified atom stereocenters. The zero-order valence-electron chi connectivity index (χ0n) is 32.5. The standard InChI is InChI=1S/C50H40O6P2/c1-33-13-23-39(24-14-33)57(53,40-25-15-34(2)16-26-40)45-31-21-35-9-5-7-11-43(35)47(45)48-44-12-8-6-10-36(44)22-32-46(48)58(54,41-27-17-37(18-28-41)49(51)55-3)42-29-19-38(20-30-42)50(52)56-4/h5-32H,1-4H3. The molecule has 0 N–H and O–H groups in total. The number of carbonyl (C=O) groups excluding carboxylic acids is 2. The fourth-order valence-electron chi connectivity index (χ4n) is 7.78. The highest BCUT2D eigenvalue weighted by atomic mass is 31.2. The molecule has 0 heterocycles. The van der Waals surface area contributed by atoms with Gasteiger partial charge in [-0.1, -0.05) is 145 Å². The molecule has 0 aliphatic rings.